The van der Waals surface area contributed by atoms with E-state index in [2.05, 4.69) is 43.2 Å². The average Bonchev–Trinajstić information content (AvgIpc) is 3.64. The van der Waals surface area contributed by atoms with Crippen LogP contribution >= 0.6 is 15.9 Å². The van der Waals surface area contributed by atoms with Gasteiger partial charge in [0, 0.05) is 22.1 Å². The predicted molar refractivity (Wildman–Crippen MR) is 128 cm³/mol. The van der Waals surface area contributed by atoms with Crippen LogP contribution in [0.1, 0.15) is 63.0 Å². The molecule has 0 saturated heterocycles. The molecule has 1 aromatic rings. The number of hydrogen-bond donors (Lipinski definition) is 3. The number of ether oxygens (including phenoxy) is 1. The minimum atomic E-state index is -4.61. The van der Waals surface area contributed by atoms with Gasteiger partial charge in [-0.05, 0) is 73.9 Å². The molecule has 1 heterocycles. The fourth-order valence-corrected chi connectivity index (χ4v) is 5.61. The van der Waals surface area contributed by atoms with Crippen LogP contribution in [-0.4, -0.2) is 41.3 Å². The Morgan fingerprint density at radius 3 is 2.54 bits per heavy atom. The first-order valence-corrected chi connectivity index (χ1v) is 12.6. The summed E-state index contributed by atoms with van der Waals surface area (Å²) in [5, 5.41) is 19.3. The zero-order valence-electron chi connectivity index (χ0n) is 19.9. The number of carbonyl (C=O) groups excluding carboxylic acids is 3. The highest BCUT2D eigenvalue weighted by Crippen LogP contribution is 2.48. The summed E-state index contributed by atoms with van der Waals surface area (Å²) in [6.45, 7) is 1.70. The first kappa shape index (κ1) is 26.9. The van der Waals surface area contributed by atoms with Gasteiger partial charge >= 0.3 is 24.1 Å². The Morgan fingerprint density at radius 1 is 1.27 bits per heavy atom. The van der Waals surface area contributed by atoms with Gasteiger partial charge in [0.05, 0.1) is 17.0 Å². The molecule has 13 heteroatoms. The summed E-state index contributed by atoms with van der Waals surface area (Å²) in [5.41, 5.74) is -0.684. The van der Waals surface area contributed by atoms with Crippen molar-refractivity contribution in [2.75, 3.05) is 0 Å². The van der Waals surface area contributed by atoms with Crippen molar-refractivity contribution in [1.29, 1.82) is 5.26 Å². The van der Waals surface area contributed by atoms with Gasteiger partial charge in [0.15, 0.2) is 5.60 Å². The first-order chi connectivity index (χ1) is 17.4. The van der Waals surface area contributed by atoms with Crippen molar-refractivity contribution in [2.24, 2.45) is 10.5 Å². The number of hydrogen-bond acceptors (Lipinski definition) is 6. The van der Waals surface area contributed by atoms with Gasteiger partial charge in [-0.3, -0.25) is 9.59 Å². The van der Waals surface area contributed by atoms with Crippen molar-refractivity contribution in [1.82, 2.24) is 16.1 Å². The van der Waals surface area contributed by atoms with E-state index in [4.69, 9.17) is 4.74 Å². The van der Waals surface area contributed by atoms with Crippen LogP contribution < -0.4 is 16.1 Å². The molecular formula is C24H25BrF3N5O4. The predicted octanol–water partition coefficient (Wildman–Crippen LogP) is 3.91. The summed E-state index contributed by atoms with van der Waals surface area (Å²) >= 11 is 3.05. The Hall–Kier alpha value is -3.14. The molecule has 3 aliphatic rings. The second-order valence-corrected chi connectivity index (χ2v) is 10.6. The van der Waals surface area contributed by atoms with Crippen LogP contribution in [0.25, 0.3) is 0 Å². The Bertz CT molecular complexity index is 1180. The van der Waals surface area contributed by atoms with Crippen LogP contribution in [0.3, 0.4) is 0 Å². The maximum Gasteiger partial charge on any atom is 0.428 e. The SMILES string of the molecule is C[C@@H](CC1(C#N)CCC2(CC1)OC(=O)NN=C2c1cccc(C(F)(F)F)c1Br)NC(=O)C(=O)NC1CC1. The molecule has 1 atom stereocenters. The van der Waals surface area contributed by atoms with Gasteiger partial charge < -0.3 is 15.4 Å². The van der Waals surface area contributed by atoms with E-state index in [0.717, 1.165) is 18.9 Å². The third-order valence-corrected chi connectivity index (χ3v) is 7.84. The summed E-state index contributed by atoms with van der Waals surface area (Å²) in [7, 11) is 0. The summed E-state index contributed by atoms with van der Waals surface area (Å²) in [6, 6.07) is 5.50. The molecule has 37 heavy (non-hydrogen) atoms. The molecule has 1 aromatic carbocycles. The Morgan fingerprint density at radius 2 is 1.95 bits per heavy atom. The molecule has 0 bridgehead atoms. The number of benzene rings is 1. The molecule has 0 aromatic heterocycles. The molecule has 9 nitrogen and oxygen atoms in total. The monoisotopic (exact) mass is 583 g/mol. The summed E-state index contributed by atoms with van der Waals surface area (Å²) in [4.78, 5) is 36.3. The van der Waals surface area contributed by atoms with Gasteiger partial charge in [0.1, 0.15) is 5.71 Å². The van der Waals surface area contributed by atoms with E-state index in [1.54, 1.807) is 6.92 Å². The molecule has 198 valence electrons. The van der Waals surface area contributed by atoms with Gasteiger partial charge in [0.2, 0.25) is 0 Å². The van der Waals surface area contributed by atoms with Crippen LogP contribution in [0.4, 0.5) is 18.0 Å². The van der Waals surface area contributed by atoms with Gasteiger partial charge in [-0.15, -0.1) is 0 Å². The standard InChI is InChI=1S/C24H25BrF3N5O4/c1-13(30-19(34)20(35)31-14-5-6-14)11-22(12-29)7-9-23(10-8-22)18(32-33-21(36)37-23)15-3-2-4-16(17(15)25)24(26,27)28/h2-4,13-14H,5-11H2,1H3,(H,30,34)(H,31,35)(H,33,36)/t13-,22?,23?/m0/s1. The number of halogens is 4. The highest BCUT2D eigenvalue weighted by atomic mass is 79.9. The number of hydrazone groups is 1. The lowest BCUT2D eigenvalue weighted by Crippen LogP contribution is -2.54. The highest BCUT2D eigenvalue weighted by molar-refractivity contribution is 9.10. The zero-order chi connectivity index (χ0) is 27.0. The van der Waals surface area contributed by atoms with Crippen LogP contribution in [0, 0.1) is 16.7 Å². The van der Waals surface area contributed by atoms with Gasteiger partial charge in [-0.2, -0.15) is 23.5 Å². The van der Waals surface area contributed by atoms with E-state index in [1.807, 2.05) is 0 Å². The zero-order valence-corrected chi connectivity index (χ0v) is 21.5. The van der Waals surface area contributed by atoms with Crippen molar-refractivity contribution in [2.45, 2.75) is 75.7 Å². The number of nitriles is 1. The van der Waals surface area contributed by atoms with Crippen LogP contribution in [0.5, 0.6) is 0 Å². The minimum absolute atomic E-state index is 0.0361. The topological polar surface area (TPSA) is 133 Å². The van der Waals surface area contributed by atoms with Crippen LogP contribution in [-0.2, 0) is 20.5 Å². The van der Waals surface area contributed by atoms with E-state index >= 15 is 0 Å². The molecule has 0 unspecified atom stereocenters. The molecule has 2 saturated carbocycles. The maximum absolute atomic E-state index is 13.5. The van der Waals surface area contributed by atoms with Crippen LogP contribution in [0.15, 0.2) is 27.8 Å². The van der Waals surface area contributed by atoms with Crippen molar-refractivity contribution >= 4 is 39.5 Å². The molecule has 1 spiro atoms. The number of alkyl halides is 3. The third kappa shape index (κ3) is 5.74. The number of amides is 3. The molecule has 4 rings (SSSR count). The largest absolute Gasteiger partial charge is 0.435 e. The fourth-order valence-electron chi connectivity index (χ4n) is 4.93. The van der Waals surface area contributed by atoms with Crippen LogP contribution in [0.2, 0.25) is 0 Å². The highest BCUT2D eigenvalue weighted by Gasteiger charge is 2.51. The van der Waals surface area contributed by atoms with E-state index in [0.29, 0.717) is 0 Å². The second-order valence-electron chi connectivity index (χ2n) is 9.84. The Kier molecular flexibility index (Phi) is 7.25. The lowest BCUT2D eigenvalue weighted by atomic mass is 9.65. The minimum Gasteiger partial charge on any atom is -0.435 e. The van der Waals surface area contributed by atoms with E-state index in [1.165, 1.54) is 12.1 Å². The normalized spacial score (nSPS) is 26.3. The van der Waals surface area contributed by atoms with E-state index < -0.39 is 46.7 Å². The molecule has 2 fully saturated rings. The number of rotatable bonds is 5. The maximum atomic E-state index is 13.5. The molecule has 3 amide bonds. The Labute approximate surface area is 219 Å². The summed E-state index contributed by atoms with van der Waals surface area (Å²) in [6.07, 6.45) is -2.77. The van der Waals surface area contributed by atoms with Crippen molar-refractivity contribution in [3.05, 3.63) is 33.8 Å². The van der Waals surface area contributed by atoms with Gasteiger partial charge in [0.25, 0.3) is 0 Å². The lowest BCUT2D eigenvalue weighted by molar-refractivity contribution is -0.139. The number of nitrogens with one attached hydrogen (secondary N) is 3. The van der Waals surface area contributed by atoms with E-state index in [9.17, 15) is 32.8 Å². The van der Waals surface area contributed by atoms with Crippen molar-refractivity contribution < 1.29 is 32.3 Å². The summed E-state index contributed by atoms with van der Waals surface area (Å²) < 4.78 is 45.9. The molecule has 0 radical (unpaired) electrons. The van der Waals surface area contributed by atoms with Crippen molar-refractivity contribution in [3.8, 4) is 6.07 Å². The smallest absolute Gasteiger partial charge is 0.428 e. The lowest BCUT2D eigenvalue weighted by Gasteiger charge is -2.45. The van der Waals surface area contributed by atoms with E-state index in [-0.39, 0.29) is 53.9 Å². The quantitative estimate of drug-likeness (QED) is 0.452. The van der Waals surface area contributed by atoms with Gasteiger partial charge in [-0.25, -0.2) is 10.2 Å². The number of carbonyl (C=O) groups is 3. The van der Waals surface area contributed by atoms with Gasteiger partial charge in [-0.1, -0.05) is 12.1 Å². The molecule has 1 aliphatic heterocycles. The third-order valence-electron chi connectivity index (χ3n) is 6.98. The first-order valence-electron chi connectivity index (χ1n) is 11.8. The molecule has 2 aliphatic carbocycles. The summed E-state index contributed by atoms with van der Waals surface area (Å²) in [5.74, 6) is -1.48. The number of nitrogens with zero attached hydrogens (tertiary/aromatic N) is 2. The Balaban J connectivity index is 1.51. The molecular weight excluding hydrogens is 559 g/mol. The van der Waals surface area contributed by atoms with Crippen molar-refractivity contribution in [3.63, 3.8) is 0 Å². The molecule has 3 N–H and O–H groups in total. The average molecular weight is 584 g/mol. The fraction of sp³-hybridized carbons (Fsp3) is 0.542. The second kappa shape index (κ2) is 9.96.